The van der Waals surface area contributed by atoms with Crippen molar-refractivity contribution in [1.29, 1.82) is 0 Å². The Balaban J connectivity index is 1.44. The molecule has 1 amide bonds. The molecule has 0 aliphatic rings. The molecule has 2 heterocycles. The third-order valence-corrected chi connectivity index (χ3v) is 5.72. The van der Waals surface area contributed by atoms with Gasteiger partial charge in [-0.1, -0.05) is 23.4 Å². The summed E-state index contributed by atoms with van der Waals surface area (Å²) in [7, 11) is 0. The number of benzene rings is 2. The minimum absolute atomic E-state index is 0.125. The van der Waals surface area contributed by atoms with Crippen LogP contribution in [0.25, 0.3) is 22.6 Å². The lowest BCUT2D eigenvalue weighted by Crippen LogP contribution is -2.14. The third-order valence-electron chi connectivity index (χ3n) is 4.51. The average Bonchev–Trinajstić information content (AvgIpc) is 3.36. The van der Waals surface area contributed by atoms with E-state index in [0.717, 1.165) is 16.7 Å². The van der Waals surface area contributed by atoms with Gasteiger partial charge in [-0.05, 0) is 62.4 Å². The molecule has 0 aliphatic heterocycles. The van der Waals surface area contributed by atoms with Gasteiger partial charge < -0.3 is 14.5 Å². The molecule has 160 valence electrons. The Hall–Kier alpha value is -2.97. The number of carbonyl (C=O) groups is 1. The average molecular weight is 457 g/mol. The second-order valence-electron chi connectivity index (χ2n) is 6.64. The zero-order chi connectivity index (χ0) is 21.8. The summed E-state index contributed by atoms with van der Waals surface area (Å²) >= 11 is 7.39. The first kappa shape index (κ1) is 21.3. The quantitative estimate of drug-likeness (QED) is 0.353. The molecule has 4 rings (SSSR count). The molecular weight excluding hydrogens is 436 g/mol. The predicted octanol–water partition coefficient (Wildman–Crippen LogP) is 5.49. The largest absolute Gasteiger partial charge is 0.494 e. The Morgan fingerprint density at radius 3 is 2.71 bits per heavy atom. The number of fused-ring (bicyclic) bond motifs is 1. The molecule has 4 aromatic rings. The molecule has 0 bridgehead atoms. The lowest BCUT2D eigenvalue weighted by atomic mass is 10.2. The second kappa shape index (κ2) is 9.45. The Labute approximate surface area is 188 Å². The maximum atomic E-state index is 12.4. The van der Waals surface area contributed by atoms with Crippen LogP contribution in [0, 0.1) is 0 Å². The van der Waals surface area contributed by atoms with Crippen LogP contribution in [-0.4, -0.2) is 33.0 Å². The number of nitrogens with one attached hydrogen (secondary N) is 1. The van der Waals surface area contributed by atoms with E-state index in [1.54, 1.807) is 6.07 Å². The van der Waals surface area contributed by atoms with Gasteiger partial charge in [0, 0.05) is 22.6 Å². The summed E-state index contributed by atoms with van der Waals surface area (Å²) in [5.74, 6) is 2.08. The van der Waals surface area contributed by atoms with Crippen molar-refractivity contribution in [3.05, 3.63) is 53.6 Å². The molecule has 0 saturated carbocycles. The highest BCUT2D eigenvalue weighted by Crippen LogP contribution is 2.30. The fourth-order valence-corrected chi connectivity index (χ4v) is 4.10. The first-order valence-corrected chi connectivity index (χ1v) is 11.2. The summed E-state index contributed by atoms with van der Waals surface area (Å²) in [6.07, 6.45) is 0. The van der Waals surface area contributed by atoms with Gasteiger partial charge in [0.1, 0.15) is 11.3 Å². The number of hydrogen-bond acceptors (Lipinski definition) is 6. The van der Waals surface area contributed by atoms with Crippen LogP contribution in [-0.2, 0) is 11.3 Å². The van der Waals surface area contributed by atoms with Crippen LogP contribution < -0.4 is 10.1 Å². The topological polar surface area (TPSA) is 82.2 Å². The van der Waals surface area contributed by atoms with Crippen molar-refractivity contribution in [2.45, 2.75) is 25.5 Å². The monoisotopic (exact) mass is 456 g/mol. The van der Waals surface area contributed by atoms with Crippen molar-refractivity contribution >= 4 is 45.9 Å². The van der Waals surface area contributed by atoms with E-state index in [0.29, 0.717) is 40.6 Å². The minimum Gasteiger partial charge on any atom is -0.494 e. The second-order valence-corrected chi connectivity index (χ2v) is 8.02. The van der Waals surface area contributed by atoms with Crippen molar-refractivity contribution < 1.29 is 13.9 Å². The van der Waals surface area contributed by atoms with Gasteiger partial charge in [-0.15, -0.1) is 10.2 Å². The van der Waals surface area contributed by atoms with Crippen LogP contribution in [0.15, 0.2) is 58.1 Å². The fraction of sp³-hybridized carbons (Fsp3) is 0.227. The van der Waals surface area contributed by atoms with E-state index >= 15 is 0 Å². The first-order chi connectivity index (χ1) is 15.1. The van der Waals surface area contributed by atoms with Gasteiger partial charge in [-0.25, -0.2) is 0 Å². The van der Waals surface area contributed by atoms with Gasteiger partial charge in [0.15, 0.2) is 10.9 Å². The van der Waals surface area contributed by atoms with Gasteiger partial charge in [-0.3, -0.25) is 9.36 Å². The number of aromatic nitrogens is 3. The molecule has 0 aliphatic carbocycles. The lowest BCUT2D eigenvalue weighted by Gasteiger charge is -2.08. The number of furan rings is 1. The third kappa shape index (κ3) is 4.86. The normalized spacial score (nSPS) is 11.1. The van der Waals surface area contributed by atoms with Crippen LogP contribution in [0.4, 0.5) is 5.69 Å². The molecule has 0 saturated heterocycles. The van der Waals surface area contributed by atoms with Crippen LogP contribution in [0.5, 0.6) is 5.75 Å². The number of anilines is 1. The van der Waals surface area contributed by atoms with E-state index in [1.165, 1.54) is 11.8 Å². The van der Waals surface area contributed by atoms with E-state index in [1.807, 2.05) is 60.9 Å². The van der Waals surface area contributed by atoms with Crippen molar-refractivity contribution in [2.24, 2.45) is 0 Å². The molecule has 0 spiro atoms. The summed E-state index contributed by atoms with van der Waals surface area (Å²) in [6.45, 7) is 5.17. The van der Waals surface area contributed by atoms with E-state index in [4.69, 9.17) is 20.8 Å². The fourth-order valence-electron chi connectivity index (χ4n) is 3.12. The van der Waals surface area contributed by atoms with Gasteiger partial charge in [0.25, 0.3) is 0 Å². The van der Waals surface area contributed by atoms with E-state index in [9.17, 15) is 4.79 Å². The lowest BCUT2D eigenvalue weighted by molar-refractivity contribution is -0.113. The van der Waals surface area contributed by atoms with Crippen molar-refractivity contribution in [3.8, 4) is 17.3 Å². The number of halogens is 1. The molecule has 0 unspecified atom stereocenters. The standard InChI is InChI=1S/C22H21ClN4O3S/c1-3-27-21(19-12-14-11-15(23)5-10-18(14)30-19)25-26-22(27)31-13-20(28)24-16-6-8-17(9-7-16)29-4-2/h5-12H,3-4,13H2,1-2H3,(H,24,28). The highest BCUT2D eigenvalue weighted by Gasteiger charge is 2.18. The maximum Gasteiger partial charge on any atom is 0.234 e. The Morgan fingerprint density at radius 1 is 1.16 bits per heavy atom. The minimum atomic E-state index is -0.125. The SMILES string of the molecule is CCOc1ccc(NC(=O)CSc2nnc(-c3cc4cc(Cl)ccc4o3)n2CC)cc1. The summed E-state index contributed by atoms with van der Waals surface area (Å²) in [5.41, 5.74) is 1.45. The number of ether oxygens (including phenoxy) is 1. The maximum absolute atomic E-state index is 12.4. The van der Waals surface area contributed by atoms with Gasteiger partial charge in [-0.2, -0.15) is 0 Å². The number of rotatable bonds is 8. The van der Waals surface area contributed by atoms with Gasteiger partial charge >= 0.3 is 0 Å². The van der Waals surface area contributed by atoms with E-state index in [-0.39, 0.29) is 11.7 Å². The van der Waals surface area contributed by atoms with Crippen LogP contribution in [0.2, 0.25) is 5.02 Å². The molecular formula is C22H21ClN4O3S. The highest BCUT2D eigenvalue weighted by atomic mass is 35.5. The molecule has 31 heavy (non-hydrogen) atoms. The zero-order valence-electron chi connectivity index (χ0n) is 17.1. The van der Waals surface area contributed by atoms with Crippen molar-refractivity contribution in [1.82, 2.24) is 14.8 Å². The Kier molecular flexibility index (Phi) is 6.48. The predicted molar refractivity (Wildman–Crippen MR) is 123 cm³/mol. The van der Waals surface area contributed by atoms with Crippen LogP contribution >= 0.6 is 23.4 Å². The summed E-state index contributed by atoms with van der Waals surface area (Å²) < 4.78 is 13.3. The summed E-state index contributed by atoms with van der Waals surface area (Å²) in [4.78, 5) is 12.4. The molecule has 0 radical (unpaired) electrons. The van der Waals surface area contributed by atoms with E-state index < -0.39 is 0 Å². The van der Waals surface area contributed by atoms with Crippen LogP contribution in [0.1, 0.15) is 13.8 Å². The number of thioether (sulfide) groups is 1. The number of carbonyl (C=O) groups excluding carboxylic acids is 1. The molecule has 0 atom stereocenters. The number of nitrogens with zero attached hydrogens (tertiary/aromatic N) is 3. The van der Waals surface area contributed by atoms with Gasteiger partial charge in [0.2, 0.25) is 11.7 Å². The van der Waals surface area contributed by atoms with Crippen molar-refractivity contribution in [3.63, 3.8) is 0 Å². The smallest absolute Gasteiger partial charge is 0.234 e. The van der Waals surface area contributed by atoms with Crippen LogP contribution in [0.3, 0.4) is 0 Å². The molecule has 1 N–H and O–H groups in total. The first-order valence-electron chi connectivity index (χ1n) is 9.85. The highest BCUT2D eigenvalue weighted by molar-refractivity contribution is 7.99. The Morgan fingerprint density at radius 2 is 1.97 bits per heavy atom. The summed E-state index contributed by atoms with van der Waals surface area (Å²) in [5, 5.41) is 13.6. The molecule has 0 fully saturated rings. The van der Waals surface area contributed by atoms with Crippen molar-refractivity contribution in [2.75, 3.05) is 17.7 Å². The Bertz CT molecular complexity index is 1200. The van der Waals surface area contributed by atoms with E-state index in [2.05, 4.69) is 15.5 Å². The number of hydrogen-bond donors (Lipinski definition) is 1. The summed E-state index contributed by atoms with van der Waals surface area (Å²) in [6, 6.07) is 14.6. The van der Waals surface area contributed by atoms with Gasteiger partial charge in [0.05, 0.1) is 12.4 Å². The molecule has 2 aromatic heterocycles. The molecule has 9 heteroatoms. The molecule has 2 aromatic carbocycles. The zero-order valence-corrected chi connectivity index (χ0v) is 18.7. The number of amides is 1. The molecule has 7 nitrogen and oxygen atoms in total.